The number of ether oxygens (including phenoxy) is 1. The highest BCUT2D eigenvalue weighted by atomic mass is 19.4. The summed E-state index contributed by atoms with van der Waals surface area (Å²) in [5.41, 5.74) is 0.435. The lowest BCUT2D eigenvalue weighted by atomic mass is 10.2. The van der Waals surface area contributed by atoms with Crippen LogP contribution in [0.4, 0.5) is 13.2 Å². The van der Waals surface area contributed by atoms with Crippen molar-refractivity contribution in [1.82, 2.24) is 0 Å². The van der Waals surface area contributed by atoms with Gasteiger partial charge in [-0.2, -0.15) is 13.2 Å². The van der Waals surface area contributed by atoms with Crippen molar-refractivity contribution in [2.75, 3.05) is 6.61 Å². The number of hydrogen-bond donors (Lipinski definition) is 1. The third-order valence-electron chi connectivity index (χ3n) is 2.02. The van der Waals surface area contributed by atoms with Gasteiger partial charge in [0.25, 0.3) is 0 Å². The van der Waals surface area contributed by atoms with Gasteiger partial charge in [0, 0.05) is 5.56 Å². The van der Waals surface area contributed by atoms with Crippen LogP contribution in [0.25, 0.3) is 0 Å². The standard InChI is InChI=1S/C10H11F3O4/c1-6-7(4-8(17-6)9(14)15)5-16-3-2-10(11,12)13/h4H,2-3,5H2,1H3,(H,14,15). The van der Waals surface area contributed by atoms with E-state index < -0.39 is 25.2 Å². The van der Waals surface area contributed by atoms with E-state index in [1.807, 2.05) is 0 Å². The first-order valence-corrected chi connectivity index (χ1v) is 4.76. The molecule has 0 amide bonds. The molecule has 0 aliphatic carbocycles. The molecule has 4 nitrogen and oxygen atoms in total. The van der Waals surface area contributed by atoms with Gasteiger partial charge >= 0.3 is 12.1 Å². The average Bonchev–Trinajstić information content (AvgIpc) is 2.54. The fraction of sp³-hybridized carbons (Fsp3) is 0.500. The van der Waals surface area contributed by atoms with E-state index in [0.717, 1.165) is 0 Å². The van der Waals surface area contributed by atoms with E-state index in [1.165, 1.54) is 13.0 Å². The Morgan fingerprint density at radius 2 is 2.18 bits per heavy atom. The first kappa shape index (κ1) is 13.6. The van der Waals surface area contributed by atoms with Crippen LogP contribution in [0, 0.1) is 6.92 Å². The molecule has 0 aromatic carbocycles. The zero-order valence-corrected chi connectivity index (χ0v) is 9.00. The van der Waals surface area contributed by atoms with E-state index >= 15 is 0 Å². The van der Waals surface area contributed by atoms with Gasteiger partial charge in [-0.15, -0.1) is 0 Å². The number of alkyl halides is 3. The van der Waals surface area contributed by atoms with Gasteiger partial charge in [0.05, 0.1) is 19.6 Å². The zero-order chi connectivity index (χ0) is 13.1. The van der Waals surface area contributed by atoms with E-state index in [4.69, 9.17) is 14.3 Å². The fourth-order valence-electron chi connectivity index (χ4n) is 1.14. The van der Waals surface area contributed by atoms with E-state index in [0.29, 0.717) is 11.3 Å². The lowest BCUT2D eigenvalue weighted by Crippen LogP contribution is -2.11. The Bertz CT molecular complexity index is 395. The van der Waals surface area contributed by atoms with E-state index in [9.17, 15) is 18.0 Å². The molecule has 1 aromatic heterocycles. The van der Waals surface area contributed by atoms with Crippen LogP contribution in [0.1, 0.15) is 28.3 Å². The summed E-state index contributed by atoms with van der Waals surface area (Å²) in [6.45, 7) is 0.962. The van der Waals surface area contributed by atoms with E-state index in [2.05, 4.69) is 0 Å². The van der Waals surface area contributed by atoms with E-state index in [1.54, 1.807) is 0 Å². The Morgan fingerprint density at radius 1 is 1.53 bits per heavy atom. The quantitative estimate of drug-likeness (QED) is 0.818. The maximum Gasteiger partial charge on any atom is 0.391 e. The van der Waals surface area contributed by atoms with E-state index in [-0.39, 0.29) is 12.4 Å². The van der Waals surface area contributed by atoms with Gasteiger partial charge < -0.3 is 14.3 Å². The number of aromatic carboxylic acids is 1. The van der Waals surface area contributed by atoms with Crippen LogP contribution in [-0.2, 0) is 11.3 Å². The van der Waals surface area contributed by atoms with Crippen LogP contribution in [0.15, 0.2) is 10.5 Å². The van der Waals surface area contributed by atoms with Crippen molar-refractivity contribution in [3.8, 4) is 0 Å². The number of hydrogen-bond acceptors (Lipinski definition) is 3. The van der Waals surface area contributed by atoms with Crippen molar-refractivity contribution in [1.29, 1.82) is 0 Å². The highest BCUT2D eigenvalue weighted by molar-refractivity contribution is 5.84. The van der Waals surface area contributed by atoms with Crippen molar-refractivity contribution in [3.63, 3.8) is 0 Å². The number of rotatable bonds is 5. The molecular formula is C10H11F3O4. The second-order valence-corrected chi connectivity index (χ2v) is 3.41. The first-order chi connectivity index (χ1) is 7.79. The molecule has 0 atom stereocenters. The van der Waals surface area contributed by atoms with Gasteiger partial charge in [0.2, 0.25) is 5.76 Å². The number of carboxylic acid groups (broad SMARTS) is 1. The second kappa shape index (κ2) is 5.22. The van der Waals surface area contributed by atoms with Crippen molar-refractivity contribution >= 4 is 5.97 Å². The summed E-state index contributed by atoms with van der Waals surface area (Å²) in [6, 6.07) is 1.24. The molecule has 1 rings (SSSR count). The molecule has 0 radical (unpaired) electrons. The van der Waals surface area contributed by atoms with Crippen LogP contribution in [-0.4, -0.2) is 23.9 Å². The molecule has 17 heavy (non-hydrogen) atoms. The number of carboxylic acids is 1. The van der Waals surface area contributed by atoms with Crippen molar-refractivity contribution < 1.29 is 32.2 Å². The maximum absolute atomic E-state index is 11.8. The summed E-state index contributed by atoms with van der Waals surface area (Å²) in [6.07, 6.45) is -5.28. The minimum atomic E-state index is -4.25. The van der Waals surface area contributed by atoms with Crippen LogP contribution in [0.5, 0.6) is 0 Å². The van der Waals surface area contributed by atoms with Crippen LogP contribution < -0.4 is 0 Å². The SMILES string of the molecule is Cc1oc(C(=O)O)cc1COCCC(F)(F)F. The molecule has 1 N–H and O–H groups in total. The summed E-state index contributed by atoms with van der Waals surface area (Å²) < 4.78 is 45.1. The number of carbonyl (C=O) groups is 1. The minimum Gasteiger partial charge on any atom is -0.475 e. The summed E-state index contributed by atoms with van der Waals surface area (Å²) in [5, 5.41) is 8.62. The molecule has 0 aliphatic rings. The summed E-state index contributed by atoms with van der Waals surface area (Å²) in [5.74, 6) is -1.15. The van der Waals surface area contributed by atoms with Crippen LogP contribution in [0.3, 0.4) is 0 Å². The third-order valence-corrected chi connectivity index (χ3v) is 2.02. The Morgan fingerprint density at radius 3 is 2.65 bits per heavy atom. The van der Waals surface area contributed by atoms with Crippen molar-refractivity contribution in [2.45, 2.75) is 26.1 Å². The minimum absolute atomic E-state index is 0.0985. The zero-order valence-electron chi connectivity index (χ0n) is 9.00. The Kier molecular flexibility index (Phi) is 4.17. The summed E-state index contributed by atoms with van der Waals surface area (Å²) in [4.78, 5) is 10.5. The molecule has 1 aromatic rings. The lowest BCUT2D eigenvalue weighted by molar-refractivity contribution is -0.146. The highest BCUT2D eigenvalue weighted by Crippen LogP contribution is 2.20. The second-order valence-electron chi connectivity index (χ2n) is 3.41. The van der Waals surface area contributed by atoms with Crippen molar-refractivity contribution in [3.05, 3.63) is 23.2 Å². The van der Waals surface area contributed by atoms with Gasteiger partial charge in [-0.25, -0.2) is 4.79 Å². The number of aryl methyl sites for hydroxylation is 1. The van der Waals surface area contributed by atoms with Gasteiger partial charge in [0.15, 0.2) is 0 Å². The lowest BCUT2D eigenvalue weighted by Gasteiger charge is -2.06. The molecule has 0 spiro atoms. The molecule has 0 saturated heterocycles. The fourth-order valence-corrected chi connectivity index (χ4v) is 1.14. The molecule has 0 bridgehead atoms. The Hall–Kier alpha value is -1.50. The third kappa shape index (κ3) is 4.48. The predicted octanol–water partition coefficient (Wildman–Crippen LogP) is 2.76. The molecule has 0 unspecified atom stereocenters. The first-order valence-electron chi connectivity index (χ1n) is 4.76. The summed E-state index contributed by atoms with van der Waals surface area (Å²) >= 11 is 0. The van der Waals surface area contributed by atoms with Gasteiger partial charge in [-0.05, 0) is 13.0 Å². The smallest absolute Gasteiger partial charge is 0.391 e. The van der Waals surface area contributed by atoms with Crippen LogP contribution >= 0.6 is 0 Å². The number of halogens is 3. The normalized spacial score (nSPS) is 11.8. The highest BCUT2D eigenvalue weighted by Gasteiger charge is 2.26. The molecule has 0 aliphatic heterocycles. The number of furan rings is 1. The topological polar surface area (TPSA) is 59.7 Å². The largest absolute Gasteiger partial charge is 0.475 e. The van der Waals surface area contributed by atoms with Gasteiger partial charge in [0.1, 0.15) is 5.76 Å². The Labute approximate surface area is 95.0 Å². The molecule has 7 heteroatoms. The molecule has 96 valence electrons. The average molecular weight is 252 g/mol. The van der Waals surface area contributed by atoms with Crippen LogP contribution in [0.2, 0.25) is 0 Å². The maximum atomic E-state index is 11.8. The van der Waals surface area contributed by atoms with Gasteiger partial charge in [-0.3, -0.25) is 0 Å². The van der Waals surface area contributed by atoms with Crippen molar-refractivity contribution in [2.24, 2.45) is 0 Å². The molecular weight excluding hydrogens is 241 g/mol. The molecule has 1 heterocycles. The summed E-state index contributed by atoms with van der Waals surface area (Å²) in [7, 11) is 0. The monoisotopic (exact) mass is 252 g/mol. The Balaban J connectivity index is 2.44. The van der Waals surface area contributed by atoms with Gasteiger partial charge in [-0.1, -0.05) is 0 Å². The molecule has 0 fully saturated rings. The molecule has 0 saturated carbocycles. The predicted molar refractivity (Wildman–Crippen MR) is 50.7 cm³/mol.